The highest BCUT2D eigenvalue weighted by Crippen LogP contribution is 2.24. The maximum absolute atomic E-state index is 13.5. The number of carboxylic acid groups (broad SMARTS) is 1. The summed E-state index contributed by atoms with van der Waals surface area (Å²) in [7, 11) is 0. The summed E-state index contributed by atoms with van der Waals surface area (Å²) in [6.07, 6.45) is 1.71. The van der Waals surface area contributed by atoms with Crippen LogP contribution >= 0.6 is 0 Å². The summed E-state index contributed by atoms with van der Waals surface area (Å²) in [6, 6.07) is 19.4. The van der Waals surface area contributed by atoms with E-state index < -0.39 is 5.97 Å². The van der Waals surface area contributed by atoms with Gasteiger partial charge in [0.15, 0.2) is 0 Å². The van der Waals surface area contributed by atoms with E-state index in [2.05, 4.69) is 4.98 Å². The molecule has 1 N–H and O–H groups in total. The van der Waals surface area contributed by atoms with Crippen molar-refractivity contribution in [2.45, 2.75) is 6.54 Å². The zero-order chi connectivity index (χ0) is 18.1. The van der Waals surface area contributed by atoms with E-state index in [9.17, 15) is 14.3 Å². The number of carbonyl (C=O) groups is 1. The minimum absolute atomic E-state index is 0.128. The van der Waals surface area contributed by atoms with Crippen molar-refractivity contribution >= 4 is 16.9 Å². The third-order valence-electron chi connectivity index (χ3n) is 4.32. The van der Waals surface area contributed by atoms with Crippen LogP contribution in [0.15, 0.2) is 72.9 Å². The van der Waals surface area contributed by atoms with E-state index >= 15 is 0 Å². The fourth-order valence-electron chi connectivity index (χ4n) is 3.11. The molecule has 0 spiro atoms. The molecule has 0 atom stereocenters. The molecule has 0 fully saturated rings. The zero-order valence-electron chi connectivity index (χ0n) is 13.8. The van der Waals surface area contributed by atoms with Gasteiger partial charge >= 0.3 is 5.97 Å². The van der Waals surface area contributed by atoms with Gasteiger partial charge in [0.25, 0.3) is 0 Å². The molecule has 128 valence electrons. The zero-order valence-corrected chi connectivity index (χ0v) is 13.8. The van der Waals surface area contributed by atoms with Gasteiger partial charge in [0.1, 0.15) is 11.5 Å². The molecule has 0 aliphatic carbocycles. The second kappa shape index (κ2) is 6.44. The lowest BCUT2D eigenvalue weighted by atomic mass is 10.1. The number of rotatable bonds is 4. The van der Waals surface area contributed by atoms with E-state index in [0.717, 1.165) is 16.8 Å². The number of hydrogen-bond acceptors (Lipinski definition) is 2. The predicted molar refractivity (Wildman–Crippen MR) is 97.6 cm³/mol. The first-order chi connectivity index (χ1) is 12.6. The molecule has 0 saturated heterocycles. The van der Waals surface area contributed by atoms with Gasteiger partial charge in [0.2, 0.25) is 0 Å². The van der Waals surface area contributed by atoms with Gasteiger partial charge in [-0.2, -0.15) is 0 Å². The Morgan fingerprint density at radius 3 is 2.62 bits per heavy atom. The summed E-state index contributed by atoms with van der Waals surface area (Å²) >= 11 is 0. The highest BCUT2D eigenvalue weighted by atomic mass is 19.1. The molecular weight excluding hydrogens is 331 g/mol. The topological polar surface area (TPSA) is 55.1 Å². The Balaban J connectivity index is 1.78. The molecule has 4 rings (SSSR count). The van der Waals surface area contributed by atoms with Gasteiger partial charge in [-0.05, 0) is 42.0 Å². The molecule has 26 heavy (non-hydrogen) atoms. The SMILES string of the molecule is O=C(O)c1cc2cc(F)ccc2n1Cc1ccnc(-c2ccccc2)c1. The van der Waals surface area contributed by atoms with Crippen LogP contribution in [0, 0.1) is 5.82 Å². The molecule has 0 aliphatic rings. The maximum Gasteiger partial charge on any atom is 0.352 e. The van der Waals surface area contributed by atoms with Crippen molar-refractivity contribution in [3.8, 4) is 11.3 Å². The van der Waals surface area contributed by atoms with Crippen molar-refractivity contribution in [1.82, 2.24) is 9.55 Å². The van der Waals surface area contributed by atoms with E-state index in [4.69, 9.17) is 0 Å². The number of carboxylic acids is 1. The molecule has 4 nitrogen and oxygen atoms in total. The summed E-state index contributed by atoms with van der Waals surface area (Å²) in [5, 5.41) is 10.1. The van der Waals surface area contributed by atoms with Crippen molar-refractivity contribution in [3.63, 3.8) is 0 Å². The molecule has 2 aromatic carbocycles. The van der Waals surface area contributed by atoms with Crippen LogP contribution in [0.4, 0.5) is 4.39 Å². The van der Waals surface area contributed by atoms with Crippen molar-refractivity contribution in [2.75, 3.05) is 0 Å². The van der Waals surface area contributed by atoms with E-state index in [0.29, 0.717) is 17.4 Å². The number of hydrogen-bond donors (Lipinski definition) is 1. The van der Waals surface area contributed by atoms with Crippen molar-refractivity contribution < 1.29 is 14.3 Å². The first kappa shape index (κ1) is 16.0. The lowest BCUT2D eigenvalue weighted by molar-refractivity contribution is 0.0686. The van der Waals surface area contributed by atoms with Crippen LogP contribution < -0.4 is 0 Å². The highest BCUT2D eigenvalue weighted by Gasteiger charge is 2.15. The predicted octanol–water partition coefficient (Wildman–Crippen LogP) is 4.59. The molecular formula is C21H15FN2O2. The first-order valence-corrected chi connectivity index (χ1v) is 8.14. The minimum atomic E-state index is -1.04. The largest absolute Gasteiger partial charge is 0.477 e. The van der Waals surface area contributed by atoms with Crippen LogP contribution in [0.5, 0.6) is 0 Å². The van der Waals surface area contributed by atoms with Crippen LogP contribution in [0.3, 0.4) is 0 Å². The lowest BCUT2D eigenvalue weighted by Crippen LogP contribution is -2.09. The number of aromatic carboxylic acids is 1. The quantitative estimate of drug-likeness (QED) is 0.588. The van der Waals surface area contributed by atoms with E-state index in [1.165, 1.54) is 18.2 Å². The molecule has 0 radical (unpaired) electrons. The number of benzene rings is 2. The maximum atomic E-state index is 13.5. The van der Waals surface area contributed by atoms with E-state index in [1.807, 2.05) is 42.5 Å². The lowest BCUT2D eigenvalue weighted by Gasteiger charge is -2.10. The van der Waals surface area contributed by atoms with Crippen molar-refractivity contribution in [2.24, 2.45) is 0 Å². The smallest absolute Gasteiger partial charge is 0.352 e. The third-order valence-corrected chi connectivity index (χ3v) is 4.32. The van der Waals surface area contributed by atoms with Gasteiger partial charge in [0.05, 0.1) is 5.69 Å². The van der Waals surface area contributed by atoms with Crippen LogP contribution in [-0.2, 0) is 6.54 Å². The summed E-state index contributed by atoms with van der Waals surface area (Å²) in [6.45, 7) is 0.360. The molecule has 4 aromatic rings. The molecule has 0 aliphatic heterocycles. The second-order valence-electron chi connectivity index (χ2n) is 6.04. The minimum Gasteiger partial charge on any atom is -0.477 e. The number of fused-ring (bicyclic) bond motifs is 1. The molecule has 5 heteroatoms. The van der Waals surface area contributed by atoms with E-state index in [-0.39, 0.29) is 11.5 Å². The average molecular weight is 346 g/mol. The fraction of sp³-hybridized carbons (Fsp3) is 0.0476. The summed E-state index contributed by atoms with van der Waals surface area (Å²) in [5.41, 5.74) is 3.54. The van der Waals surface area contributed by atoms with Gasteiger partial charge in [-0.1, -0.05) is 30.3 Å². The molecule has 2 aromatic heterocycles. The van der Waals surface area contributed by atoms with Crippen molar-refractivity contribution in [1.29, 1.82) is 0 Å². The normalized spacial score (nSPS) is 11.0. The Labute approximate surface area is 149 Å². The Hall–Kier alpha value is -3.47. The molecule has 0 bridgehead atoms. The molecule has 0 unspecified atom stereocenters. The molecule has 0 amide bonds. The first-order valence-electron chi connectivity index (χ1n) is 8.14. The summed E-state index contributed by atoms with van der Waals surface area (Å²) < 4.78 is 15.2. The van der Waals surface area contributed by atoms with Gasteiger partial charge < -0.3 is 9.67 Å². The van der Waals surface area contributed by atoms with Crippen LogP contribution in [-0.4, -0.2) is 20.6 Å². The monoisotopic (exact) mass is 346 g/mol. The van der Waals surface area contributed by atoms with Gasteiger partial charge in [0, 0.05) is 29.2 Å². The number of nitrogens with zero attached hydrogens (tertiary/aromatic N) is 2. The molecule has 0 saturated carbocycles. The highest BCUT2D eigenvalue weighted by molar-refractivity contribution is 5.94. The van der Waals surface area contributed by atoms with Gasteiger partial charge in [-0.3, -0.25) is 4.98 Å². The molecule has 2 heterocycles. The fourth-order valence-corrected chi connectivity index (χ4v) is 3.11. The van der Waals surface area contributed by atoms with Gasteiger partial charge in [-0.15, -0.1) is 0 Å². The number of aromatic nitrogens is 2. The standard InChI is InChI=1S/C21H15FN2O2/c22-17-6-7-19-16(11-17)12-20(21(25)26)24(19)13-14-8-9-23-18(10-14)15-4-2-1-3-5-15/h1-12H,13H2,(H,25,26). The Kier molecular flexibility index (Phi) is 3.97. The summed E-state index contributed by atoms with van der Waals surface area (Å²) in [5.74, 6) is -1.43. The Morgan fingerprint density at radius 1 is 1.04 bits per heavy atom. The Bertz CT molecular complexity index is 1100. The third kappa shape index (κ3) is 2.95. The Morgan fingerprint density at radius 2 is 1.85 bits per heavy atom. The van der Waals surface area contributed by atoms with Crippen LogP contribution in [0.2, 0.25) is 0 Å². The van der Waals surface area contributed by atoms with Crippen LogP contribution in [0.1, 0.15) is 16.1 Å². The number of halogens is 1. The second-order valence-corrected chi connectivity index (χ2v) is 6.04. The number of pyridine rings is 1. The van der Waals surface area contributed by atoms with E-state index in [1.54, 1.807) is 16.8 Å². The summed E-state index contributed by atoms with van der Waals surface area (Å²) in [4.78, 5) is 16.0. The average Bonchev–Trinajstić information content (AvgIpc) is 3.00. The van der Waals surface area contributed by atoms with Crippen molar-refractivity contribution in [3.05, 3.63) is 90.0 Å². The van der Waals surface area contributed by atoms with Gasteiger partial charge in [-0.25, -0.2) is 9.18 Å². The van der Waals surface area contributed by atoms with Crippen LogP contribution in [0.25, 0.3) is 22.2 Å².